The van der Waals surface area contributed by atoms with Gasteiger partial charge in [-0.15, -0.1) is 0 Å². The van der Waals surface area contributed by atoms with Crippen LogP contribution in [-0.2, 0) is 11.2 Å². The summed E-state index contributed by atoms with van der Waals surface area (Å²) in [5, 5.41) is 2.79. The van der Waals surface area contributed by atoms with E-state index in [-0.39, 0.29) is 6.09 Å². The lowest BCUT2D eigenvalue weighted by atomic mass is 10.1. The van der Waals surface area contributed by atoms with Crippen LogP contribution in [0.4, 0.5) is 4.79 Å². The van der Waals surface area contributed by atoms with E-state index in [0.29, 0.717) is 6.54 Å². The third-order valence-electron chi connectivity index (χ3n) is 3.65. The van der Waals surface area contributed by atoms with Crippen LogP contribution < -0.4 is 5.32 Å². The summed E-state index contributed by atoms with van der Waals surface area (Å²) in [7, 11) is 0. The number of fused-ring (bicyclic) bond motifs is 1. The number of carbonyl (C=O) groups is 1. The normalized spacial score (nSPS) is 11.7. The summed E-state index contributed by atoms with van der Waals surface area (Å²) in [6.45, 7) is 6.25. The second kappa shape index (κ2) is 9.22. The zero-order valence-corrected chi connectivity index (χ0v) is 16.8. The third kappa shape index (κ3) is 7.06. The van der Waals surface area contributed by atoms with Crippen LogP contribution in [0.3, 0.4) is 0 Å². The zero-order chi connectivity index (χ0) is 18.3. The number of aryl methyl sites for hydroxylation is 1. The summed E-state index contributed by atoms with van der Waals surface area (Å²) in [6.07, 6.45) is 5.91. The van der Waals surface area contributed by atoms with E-state index in [2.05, 4.69) is 26.2 Å². The predicted octanol–water partition coefficient (Wildman–Crippen LogP) is 5.61. The number of ether oxygens (including phenoxy) is 1. The molecule has 0 radical (unpaired) electrons. The van der Waals surface area contributed by atoms with Crippen molar-refractivity contribution >= 4 is 33.1 Å². The second-order valence-corrected chi connectivity index (χ2v) is 8.00. The number of amides is 1. The van der Waals surface area contributed by atoms with Crippen molar-refractivity contribution in [2.75, 3.05) is 6.54 Å². The van der Waals surface area contributed by atoms with Crippen molar-refractivity contribution in [2.45, 2.75) is 64.9 Å². The fourth-order valence-electron chi connectivity index (χ4n) is 2.50. The zero-order valence-electron chi connectivity index (χ0n) is 15.2. The number of alkyl carbamates (subject to hydrolysis) is 1. The second-order valence-electron chi connectivity index (χ2n) is 7.14. The van der Waals surface area contributed by atoms with Crippen molar-refractivity contribution in [3.63, 3.8) is 0 Å². The first-order valence-corrected chi connectivity index (χ1v) is 9.65. The van der Waals surface area contributed by atoms with Crippen LogP contribution in [0.1, 0.15) is 58.8 Å². The minimum atomic E-state index is -0.440. The van der Waals surface area contributed by atoms with Crippen LogP contribution in [0.5, 0.6) is 0 Å². The molecule has 1 amide bonds. The molecule has 0 spiro atoms. The van der Waals surface area contributed by atoms with Crippen LogP contribution in [-0.4, -0.2) is 23.2 Å². The van der Waals surface area contributed by atoms with Gasteiger partial charge in [-0.3, -0.25) is 0 Å². The Labute approximate surface area is 157 Å². The number of para-hydroxylation sites is 1. The molecule has 2 aromatic rings. The number of benzene rings is 1. The predicted molar refractivity (Wildman–Crippen MR) is 103 cm³/mol. The lowest BCUT2D eigenvalue weighted by Gasteiger charge is -2.19. The van der Waals surface area contributed by atoms with E-state index in [9.17, 15) is 4.79 Å². The molecule has 5 nitrogen and oxygen atoms in total. The van der Waals surface area contributed by atoms with Gasteiger partial charge in [0.1, 0.15) is 11.1 Å². The first-order chi connectivity index (χ1) is 11.8. The standard InChI is InChI=1S/C19H27BrN2O3/c1-19(2,3)25-18(23)21-13-8-6-4-5-7-12-16-22-15-11-9-10-14(20)17(15)24-16/h9-11H,4-8,12-13H2,1-3H3,(H,21,23). The Bertz CT molecular complexity index is 692. The number of nitrogens with zero attached hydrogens (tertiary/aromatic N) is 1. The maximum atomic E-state index is 11.5. The number of unbranched alkanes of at least 4 members (excludes halogenated alkanes) is 4. The van der Waals surface area contributed by atoms with Gasteiger partial charge in [-0.25, -0.2) is 9.78 Å². The summed E-state index contributed by atoms with van der Waals surface area (Å²) in [6, 6.07) is 5.89. The SMILES string of the molecule is CC(C)(C)OC(=O)NCCCCCCCc1nc2cccc(Br)c2o1. The van der Waals surface area contributed by atoms with Gasteiger partial charge in [-0.1, -0.05) is 25.3 Å². The molecule has 0 aliphatic heterocycles. The maximum Gasteiger partial charge on any atom is 0.407 e. The molecule has 138 valence electrons. The first-order valence-electron chi connectivity index (χ1n) is 8.86. The number of nitrogens with one attached hydrogen (secondary N) is 1. The monoisotopic (exact) mass is 410 g/mol. The molecule has 0 bridgehead atoms. The van der Waals surface area contributed by atoms with Crippen LogP contribution >= 0.6 is 15.9 Å². The Kier molecular flexibility index (Phi) is 7.29. The minimum absolute atomic E-state index is 0.338. The van der Waals surface area contributed by atoms with Gasteiger partial charge in [0.25, 0.3) is 0 Å². The molecule has 1 N–H and O–H groups in total. The van der Waals surface area contributed by atoms with E-state index in [1.165, 1.54) is 0 Å². The highest BCUT2D eigenvalue weighted by molar-refractivity contribution is 9.10. The van der Waals surface area contributed by atoms with Crippen molar-refractivity contribution in [3.05, 3.63) is 28.6 Å². The Morgan fingerprint density at radius 3 is 2.64 bits per heavy atom. The van der Waals surface area contributed by atoms with E-state index in [0.717, 1.165) is 60.0 Å². The van der Waals surface area contributed by atoms with E-state index in [1.54, 1.807) is 0 Å². The van der Waals surface area contributed by atoms with Gasteiger partial charge in [0.2, 0.25) is 0 Å². The highest BCUT2D eigenvalue weighted by atomic mass is 79.9. The first kappa shape index (κ1) is 19.8. The molecule has 25 heavy (non-hydrogen) atoms. The van der Waals surface area contributed by atoms with Crippen LogP contribution in [0.25, 0.3) is 11.1 Å². The van der Waals surface area contributed by atoms with E-state index in [1.807, 2.05) is 39.0 Å². The molecule has 0 atom stereocenters. The van der Waals surface area contributed by atoms with Gasteiger partial charge in [-0.2, -0.15) is 0 Å². The quantitative estimate of drug-likeness (QED) is 0.574. The largest absolute Gasteiger partial charge is 0.444 e. The fourth-order valence-corrected chi connectivity index (χ4v) is 2.94. The number of aromatic nitrogens is 1. The molecule has 0 fully saturated rings. The highest BCUT2D eigenvalue weighted by Crippen LogP contribution is 2.25. The van der Waals surface area contributed by atoms with Crippen molar-refractivity contribution in [3.8, 4) is 0 Å². The van der Waals surface area contributed by atoms with Crippen LogP contribution in [0.2, 0.25) is 0 Å². The Balaban J connectivity index is 1.55. The third-order valence-corrected chi connectivity index (χ3v) is 4.27. The van der Waals surface area contributed by atoms with E-state index in [4.69, 9.17) is 9.15 Å². The molecule has 6 heteroatoms. The number of carbonyl (C=O) groups excluding carboxylic acids is 1. The van der Waals surface area contributed by atoms with Gasteiger partial charge in [0.05, 0.1) is 4.47 Å². The number of hydrogen-bond acceptors (Lipinski definition) is 4. The summed E-state index contributed by atoms with van der Waals surface area (Å²) < 4.78 is 11.9. The molecule has 0 aliphatic carbocycles. The highest BCUT2D eigenvalue weighted by Gasteiger charge is 2.15. The molecule has 0 saturated carbocycles. The molecule has 1 aromatic carbocycles. The van der Waals surface area contributed by atoms with E-state index >= 15 is 0 Å². The van der Waals surface area contributed by atoms with Gasteiger partial charge >= 0.3 is 6.09 Å². The molecule has 0 aliphatic rings. The fraction of sp³-hybridized carbons (Fsp3) is 0.579. The van der Waals surface area contributed by atoms with Gasteiger partial charge in [0, 0.05) is 13.0 Å². The number of oxazole rings is 1. The minimum Gasteiger partial charge on any atom is -0.444 e. The van der Waals surface area contributed by atoms with E-state index < -0.39 is 5.60 Å². The maximum absolute atomic E-state index is 11.5. The van der Waals surface area contributed by atoms with Crippen molar-refractivity contribution in [2.24, 2.45) is 0 Å². The molecule has 2 rings (SSSR count). The van der Waals surface area contributed by atoms with Crippen molar-refractivity contribution in [1.29, 1.82) is 0 Å². The summed E-state index contributed by atoms with van der Waals surface area (Å²) in [4.78, 5) is 16.0. The lowest BCUT2D eigenvalue weighted by Crippen LogP contribution is -2.32. The molecule has 0 unspecified atom stereocenters. The number of rotatable bonds is 8. The smallest absolute Gasteiger partial charge is 0.407 e. The summed E-state index contributed by atoms with van der Waals surface area (Å²) in [5.41, 5.74) is 1.29. The average molecular weight is 411 g/mol. The Morgan fingerprint density at radius 2 is 1.92 bits per heavy atom. The summed E-state index contributed by atoms with van der Waals surface area (Å²) in [5.74, 6) is 0.800. The average Bonchev–Trinajstić information content (AvgIpc) is 2.92. The van der Waals surface area contributed by atoms with Crippen LogP contribution in [0, 0.1) is 0 Å². The Hall–Kier alpha value is -1.56. The lowest BCUT2D eigenvalue weighted by molar-refractivity contribution is 0.0527. The Morgan fingerprint density at radius 1 is 1.20 bits per heavy atom. The molecule has 1 aromatic heterocycles. The van der Waals surface area contributed by atoms with Gasteiger partial charge < -0.3 is 14.5 Å². The summed E-state index contributed by atoms with van der Waals surface area (Å²) >= 11 is 3.48. The van der Waals surface area contributed by atoms with Crippen LogP contribution in [0.15, 0.2) is 27.1 Å². The molecular weight excluding hydrogens is 384 g/mol. The van der Waals surface area contributed by atoms with Gasteiger partial charge in [0.15, 0.2) is 11.5 Å². The van der Waals surface area contributed by atoms with Crippen molar-refractivity contribution < 1.29 is 13.9 Å². The molecule has 1 heterocycles. The number of halogens is 1. The molecule has 0 saturated heterocycles. The number of hydrogen-bond donors (Lipinski definition) is 1. The molecular formula is C19H27BrN2O3. The topological polar surface area (TPSA) is 64.4 Å². The van der Waals surface area contributed by atoms with Gasteiger partial charge in [-0.05, 0) is 61.7 Å². The van der Waals surface area contributed by atoms with Crippen molar-refractivity contribution in [1.82, 2.24) is 10.3 Å².